The number of para-hydroxylation sites is 1. The van der Waals surface area contributed by atoms with Crippen LogP contribution < -0.4 is 10.1 Å². The minimum atomic E-state index is -0.140. The number of imidazole rings is 1. The monoisotopic (exact) mass is 349 g/mol. The Morgan fingerprint density at radius 2 is 1.85 bits per heavy atom. The zero-order valence-electron chi connectivity index (χ0n) is 15.3. The third-order valence-corrected chi connectivity index (χ3v) is 4.33. The van der Waals surface area contributed by atoms with Gasteiger partial charge in [-0.15, -0.1) is 0 Å². The Labute approximate surface area is 153 Å². The summed E-state index contributed by atoms with van der Waals surface area (Å²) in [4.78, 5) is 16.3. The lowest BCUT2D eigenvalue weighted by Gasteiger charge is -2.16. The molecule has 0 aliphatic rings. The number of carbonyl (C=O) groups is 1. The summed E-state index contributed by atoms with van der Waals surface area (Å²) < 4.78 is 7.65. The van der Waals surface area contributed by atoms with E-state index in [2.05, 4.69) is 10.3 Å². The van der Waals surface area contributed by atoms with Gasteiger partial charge in [-0.05, 0) is 49.6 Å². The predicted octanol–water partition coefficient (Wildman–Crippen LogP) is 3.75. The SMILES string of the molecule is Cc1cccc(C)c1OCC(=O)NC(C)c1ccc(-n2ccnc2)cc1. The molecule has 0 saturated heterocycles. The van der Waals surface area contributed by atoms with Crippen LogP contribution in [0.4, 0.5) is 0 Å². The number of amides is 1. The van der Waals surface area contributed by atoms with Crippen LogP contribution in [-0.4, -0.2) is 22.1 Å². The Balaban J connectivity index is 1.57. The van der Waals surface area contributed by atoms with Crippen molar-refractivity contribution in [1.82, 2.24) is 14.9 Å². The average Bonchev–Trinajstić information content (AvgIpc) is 3.16. The van der Waals surface area contributed by atoms with E-state index < -0.39 is 0 Å². The molecule has 0 spiro atoms. The van der Waals surface area contributed by atoms with E-state index in [1.165, 1.54) is 0 Å². The second kappa shape index (κ2) is 7.87. The molecule has 5 heteroatoms. The van der Waals surface area contributed by atoms with E-state index in [0.717, 1.165) is 28.1 Å². The van der Waals surface area contributed by atoms with Crippen LogP contribution in [0.5, 0.6) is 5.75 Å². The van der Waals surface area contributed by atoms with E-state index in [9.17, 15) is 4.79 Å². The van der Waals surface area contributed by atoms with Gasteiger partial charge in [-0.2, -0.15) is 0 Å². The van der Waals surface area contributed by atoms with Crippen molar-refractivity contribution in [3.63, 3.8) is 0 Å². The van der Waals surface area contributed by atoms with Gasteiger partial charge in [-0.25, -0.2) is 4.98 Å². The molecule has 134 valence electrons. The number of hydrogen-bond acceptors (Lipinski definition) is 3. The fraction of sp³-hybridized carbons (Fsp3) is 0.238. The number of nitrogens with one attached hydrogen (secondary N) is 1. The van der Waals surface area contributed by atoms with Crippen molar-refractivity contribution in [3.8, 4) is 11.4 Å². The minimum absolute atomic E-state index is 0.00313. The summed E-state index contributed by atoms with van der Waals surface area (Å²) in [5.41, 5.74) is 4.12. The third-order valence-electron chi connectivity index (χ3n) is 4.33. The summed E-state index contributed by atoms with van der Waals surface area (Å²) in [6.07, 6.45) is 5.39. The lowest BCUT2D eigenvalue weighted by Crippen LogP contribution is -2.31. The Kier molecular flexibility index (Phi) is 5.37. The first-order chi connectivity index (χ1) is 12.5. The van der Waals surface area contributed by atoms with Crippen LogP contribution in [0.1, 0.15) is 29.7 Å². The molecule has 5 nitrogen and oxygen atoms in total. The van der Waals surface area contributed by atoms with E-state index in [1.54, 1.807) is 12.5 Å². The van der Waals surface area contributed by atoms with Gasteiger partial charge in [-0.1, -0.05) is 30.3 Å². The molecule has 26 heavy (non-hydrogen) atoms. The summed E-state index contributed by atoms with van der Waals surface area (Å²) in [5.74, 6) is 0.638. The topological polar surface area (TPSA) is 56.1 Å². The smallest absolute Gasteiger partial charge is 0.258 e. The third kappa shape index (κ3) is 4.11. The largest absolute Gasteiger partial charge is 0.483 e. The standard InChI is InChI=1S/C21H23N3O2/c1-15-5-4-6-16(2)21(15)26-13-20(25)23-17(3)18-7-9-19(10-8-18)24-12-11-22-14-24/h4-12,14,17H,13H2,1-3H3,(H,23,25). The molecule has 3 rings (SSSR count). The predicted molar refractivity (Wildman–Crippen MR) is 102 cm³/mol. The van der Waals surface area contributed by atoms with Gasteiger partial charge < -0.3 is 14.6 Å². The highest BCUT2D eigenvalue weighted by molar-refractivity contribution is 5.78. The van der Waals surface area contributed by atoms with E-state index in [-0.39, 0.29) is 18.6 Å². The first-order valence-electron chi connectivity index (χ1n) is 8.61. The molecular weight excluding hydrogens is 326 g/mol. The number of aromatic nitrogens is 2. The number of nitrogens with zero attached hydrogens (tertiary/aromatic N) is 2. The molecular formula is C21H23N3O2. The normalized spacial score (nSPS) is 11.8. The van der Waals surface area contributed by atoms with Gasteiger partial charge >= 0.3 is 0 Å². The van der Waals surface area contributed by atoms with Crippen molar-refractivity contribution < 1.29 is 9.53 Å². The summed E-state index contributed by atoms with van der Waals surface area (Å²) in [6, 6.07) is 13.9. The van der Waals surface area contributed by atoms with E-state index in [1.807, 2.05) is 74.0 Å². The second-order valence-corrected chi connectivity index (χ2v) is 6.36. The number of carbonyl (C=O) groups excluding carboxylic acids is 1. The summed E-state index contributed by atoms with van der Waals surface area (Å²) >= 11 is 0. The Hall–Kier alpha value is -3.08. The highest BCUT2D eigenvalue weighted by atomic mass is 16.5. The van der Waals surface area contributed by atoms with E-state index in [4.69, 9.17) is 4.74 Å². The van der Waals surface area contributed by atoms with Crippen molar-refractivity contribution in [2.45, 2.75) is 26.8 Å². The molecule has 0 bridgehead atoms. The van der Waals surface area contributed by atoms with Gasteiger partial charge in [0, 0.05) is 18.1 Å². The van der Waals surface area contributed by atoms with Crippen molar-refractivity contribution in [2.75, 3.05) is 6.61 Å². The summed E-state index contributed by atoms with van der Waals surface area (Å²) in [6.45, 7) is 5.92. The maximum atomic E-state index is 12.2. The second-order valence-electron chi connectivity index (χ2n) is 6.36. The molecule has 3 aromatic rings. The maximum Gasteiger partial charge on any atom is 0.258 e. The van der Waals surface area contributed by atoms with Crippen LogP contribution in [0, 0.1) is 13.8 Å². The van der Waals surface area contributed by atoms with Crippen LogP contribution in [-0.2, 0) is 4.79 Å². The lowest BCUT2D eigenvalue weighted by molar-refractivity contribution is -0.123. The summed E-state index contributed by atoms with van der Waals surface area (Å²) in [7, 11) is 0. The molecule has 1 amide bonds. The fourth-order valence-electron chi connectivity index (χ4n) is 2.88. The van der Waals surface area contributed by atoms with Crippen LogP contribution in [0.3, 0.4) is 0 Å². The van der Waals surface area contributed by atoms with Gasteiger partial charge in [0.25, 0.3) is 5.91 Å². The lowest BCUT2D eigenvalue weighted by atomic mass is 10.1. The molecule has 1 atom stereocenters. The molecule has 2 aromatic carbocycles. The Bertz CT molecular complexity index is 851. The van der Waals surface area contributed by atoms with Gasteiger partial charge in [0.1, 0.15) is 5.75 Å². The Morgan fingerprint density at radius 3 is 2.46 bits per heavy atom. The number of ether oxygens (including phenoxy) is 1. The van der Waals surface area contributed by atoms with Gasteiger partial charge in [-0.3, -0.25) is 4.79 Å². The highest BCUT2D eigenvalue weighted by Gasteiger charge is 2.12. The van der Waals surface area contributed by atoms with Crippen molar-refractivity contribution >= 4 is 5.91 Å². The van der Waals surface area contributed by atoms with Gasteiger partial charge in [0.2, 0.25) is 0 Å². The van der Waals surface area contributed by atoms with Crippen molar-refractivity contribution in [1.29, 1.82) is 0 Å². The Morgan fingerprint density at radius 1 is 1.15 bits per heavy atom. The zero-order valence-corrected chi connectivity index (χ0v) is 15.3. The van der Waals surface area contributed by atoms with Crippen molar-refractivity contribution in [2.24, 2.45) is 0 Å². The highest BCUT2D eigenvalue weighted by Crippen LogP contribution is 2.22. The minimum Gasteiger partial charge on any atom is -0.483 e. The molecule has 0 saturated carbocycles. The van der Waals surface area contributed by atoms with Gasteiger partial charge in [0.05, 0.1) is 12.4 Å². The number of hydrogen-bond donors (Lipinski definition) is 1. The van der Waals surface area contributed by atoms with Crippen LogP contribution in [0.2, 0.25) is 0 Å². The molecule has 0 radical (unpaired) electrons. The molecule has 0 fully saturated rings. The molecule has 0 aliphatic heterocycles. The molecule has 1 aromatic heterocycles. The number of aryl methyl sites for hydroxylation is 2. The van der Waals surface area contributed by atoms with Crippen LogP contribution in [0.15, 0.2) is 61.2 Å². The molecule has 1 N–H and O–H groups in total. The van der Waals surface area contributed by atoms with Crippen LogP contribution in [0.25, 0.3) is 5.69 Å². The first kappa shape index (κ1) is 17.7. The van der Waals surface area contributed by atoms with E-state index in [0.29, 0.717) is 0 Å². The molecule has 1 unspecified atom stereocenters. The fourth-order valence-corrected chi connectivity index (χ4v) is 2.88. The molecule has 0 aliphatic carbocycles. The molecule has 1 heterocycles. The zero-order chi connectivity index (χ0) is 18.5. The summed E-state index contributed by atoms with van der Waals surface area (Å²) in [5, 5.41) is 2.98. The maximum absolute atomic E-state index is 12.2. The average molecular weight is 349 g/mol. The van der Waals surface area contributed by atoms with Gasteiger partial charge in [0.15, 0.2) is 6.61 Å². The first-order valence-corrected chi connectivity index (χ1v) is 8.61. The quantitative estimate of drug-likeness (QED) is 0.737. The van der Waals surface area contributed by atoms with Crippen LogP contribution >= 0.6 is 0 Å². The van der Waals surface area contributed by atoms with E-state index >= 15 is 0 Å². The number of benzene rings is 2. The number of rotatable bonds is 6. The van der Waals surface area contributed by atoms with Crippen molar-refractivity contribution in [3.05, 3.63) is 77.9 Å².